The van der Waals surface area contributed by atoms with Crippen LogP contribution in [0.2, 0.25) is 0 Å². The van der Waals surface area contributed by atoms with E-state index < -0.39 is 11.2 Å². The Hall–Kier alpha value is -2.02. The molecule has 0 saturated heterocycles. The molecule has 1 aromatic heterocycles. The molecule has 0 radical (unpaired) electrons. The zero-order chi connectivity index (χ0) is 14.3. The van der Waals surface area contributed by atoms with Gasteiger partial charge in [0.1, 0.15) is 11.5 Å². The van der Waals surface area contributed by atoms with E-state index in [1.54, 1.807) is 0 Å². The Morgan fingerprint density at radius 3 is 2.84 bits per heavy atom. The first kappa shape index (κ1) is 15.0. The van der Waals surface area contributed by atoms with Crippen LogP contribution in [-0.2, 0) is 11.3 Å². The first-order chi connectivity index (χ1) is 9.11. The van der Waals surface area contributed by atoms with E-state index in [0.29, 0.717) is 19.7 Å². The Morgan fingerprint density at radius 2 is 2.21 bits per heavy atom. The highest BCUT2D eigenvalue weighted by Gasteiger charge is 2.11. The number of hydrogen-bond donors (Lipinski definition) is 3. The summed E-state index contributed by atoms with van der Waals surface area (Å²) in [7, 11) is 1.53. The quantitative estimate of drug-likeness (QED) is 0.482. The zero-order valence-corrected chi connectivity index (χ0v) is 11.2. The zero-order valence-electron chi connectivity index (χ0n) is 11.2. The molecular formula is C12H20N4O3. The van der Waals surface area contributed by atoms with E-state index in [-0.39, 0.29) is 11.5 Å². The number of nitrogens with zero attached hydrogens (tertiary/aromatic N) is 1. The highest BCUT2D eigenvalue weighted by molar-refractivity contribution is 5.60. The Labute approximate surface area is 111 Å². The summed E-state index contributed by atoms with van der Waals surface area (Å²) in [4.78, 5) is 25.6. The second kappa shape index (κ2) is 7.42. The summed E-state index contributed by atoms with van der Waals surface area (Å²) in [5, 5.41) is 2.94. The molecule has 4 N–H and O–H groups in total. The van der Waals surface area contributed by atoms with Gasteiger partial charge in [-0.15, -0.1) is 0 Å². The smallest absolute Gasteiger partial charge is 0.330 e. The summed E-state index contributed by atoms with van der Waals surface area (Å²) in [6.07, 6.45) is 4.67. The highest BCUT2D eigenvalue weighted by Crippen LogP contribution is 2.09. The van der Waals surface area contributed by atoms with Crippen molar-refractivity contribution >= 4 is 11.5 Å². The fourth-order valence-electron chi connectivity index (χ4n) is 1.61. The van der Waals surface area contributed by atoms with Gasteiger partial charge in [0.15, 0.2) is 0 Å². The van der Waals surface area contributed by atoms with Crippen molar-refractivity contribution in [1.29, 1.82) is 0 Å². The van der Waals surface area contributed by atoms with E-state index >= 15 is 0 Å². The molecule has 0 atom stereocenters. The van der Waals surface area contributed by atoms with Gasteiger partial charge in [-0.1, -0.05) is 12.2 Å². The Bertz CT molecular complexity index is 545. The number of anilines is 2. The molecule has 106 valence electrons. The second-order valence-corrected chi connectivity index (χ2v) is 3.95. The number of allylic oxidation sites excluding steroid dienone is 1. The number of aromatic amines is 1. The number of H-pyrrole nitrogens is 1. The molecule has 0 saturated carbocycles. The largest absolute Gasteiger partial charge is 0.383 e. The standard InChI is InChI=1S/C12H20N4O3/c1-3-4-5-6-14-9-10(13)16(7-8-19-2)12(18)15-11(9)17/h3-4,14H,5-8,13H2,1-2H3,(H,15,17,18)/b4-3+. The Morgan fingerprint density at radius 1 is 1.47 bits per heavy atom. The van der Waals surface area contributed by atoms with Crippen molar-refractivity contribution < 1.29 is 4.74 Å². The number of hydrogen-bond acceptors (Lipinski definition) is 5. The van der Waals surface area contributed by atoms with Crippen molar-refractivity contribution in [2.45, 2.75) is 19.9 Å². The normalized spacial score (nSPS) is 11.1. The van der Waals surface area contributed by atoms with Crippen LogP contribution in [0, 0.1) is 0 Å². The van der Waals surface area contributed by atoms with Crippen LogP contribution in [0.15, 0.2) is 21.7 Å². The van der Waals surface area contributed by atoms with Crippen LogP contribution in [0.1, 0.15) is 13.3 Å². The molecule has 0 amide bonds. The maximum atomic E-state index is 11.7. The summed E-state index contributed by atoms with van der Waals surface area (Å²) in [5.74, 6) is 0.131. The maximum Gasteiger partial charge on any atom is 0.330 e. The van der Waals surface area contributed by atoms with Crippen molar-refractivity contribution in [2.75, 3.05) is 31.3 Å². The number of nitrogens with two attached hydrogens (primary N) is 1. The van der Waals surface area contributed by atoms with Crippen LogP contribution >= 0.6 is 0 Å². The lowest BCUT2D eigenvalue weighted by Crippen LogP contribution is -2.35. The first-order valence-electron chi connectivity index (χ1n) is 6.08. The van der Waals surface area contributed by atoms with Crippen LogP contribution in [-0.4, -0.2) is 29.8 Å². The van der Waals surface area contributed by atoms with Gasteiger partial charge in [0.05, 0.1) is 13.2 Å². The van der Waals surface area contributed by atoms with Gasteiger partial charge < -0.3 is 15.8 Å². The average Bonchev–Trinajstić information content (AvgIpc) is 2.37. The predicted molar refractivity (Wildman–Crippen MR) is 75.5 cm³/mol. The minimum Gasteiger partial charge on any atom is -0.383 e. The SMILES string of the molecule is C/C=C/CCNc1c(N)n(CCOC)c(=O)[nH]c1=O. The van der Waals surface area contributed by atoms with Gasteiger partial charge in [-0.2, -0.15) is 0 Å². The average molecular weight is 268 g/mol. The van der Waals surface area contributed by atoms with Crippen molar-refractivity contribution in [3.63, 3.8) is 0 Å². The van der Waals surface area contributed by atoms with Crippen LogP contribution < -0.4 is 22.3 Å². The summed E-state index contributed by atoms with van der Waals surface area (Å²) in [6, 6.07) is 0. The Balaban J connectivity index is 2.97. The molecule has 0 aromatic carbocycles. The number of rotatable bonds is 7. The third-order valence-electron chi connectivity index (χ3n) is 2.61. The van der Waals surface area contributed by atoms with Crippen molar-refractivity contribution in [1.82, 2.24) is 9.55 Å². The van der Waals surface area contributed by atoms with Gasteiger partial charge >= 0.3 is 5.69 Å². The molecule has 0 fully saturated rings. The van der Waals surface area contributed by atoms with Gasteiger partial charge in [0.2, 0.25) is 0 Å². The van der Waals surface area contributed by atoms with E-state index in [1.165, 1.54) is 11.7 Å². The monoisotopic (exact) mass is 268 g/mol. The number of nitrogens with one attached hydrogen (secondary N) is 2. The molecule has 1 heterocycles. The van der Waals surface area contributed by atoms with E-state index in [9.17, 15) is 9.59 Å². The summed E-state index contributed by atoms with van der Waals surface area (Å²) < 4.78 is 6.18. The summed E-state index contributed by atoms with van der Waals surface area (Å²) >= 11 is 0. The minimum absolute atomic E-state index is 0.131. The van der Waals surface area contributed by atoms with Crippen molar-refractivity contribution in [2.24, 2.45) is 0 Å². The molecule has 0 aliphatic carbocycles. The lowest BCUT2D eigenvalue weighted by Gasteiger charge is -2.13. The first-order valence-corrected chi connectivity index (χ1v) is 6.08. The third kappa shape index (κ3) is 3.99. The molecule has 0 unspecified atom stereocenters. The summed E-state index contributed by atoms with van der Waals surface area (Å²) in [6.45, 7) is 3.13. The fraction of sp³-hybridized carbons (Fsp3) is 0.500. The summed E-state index contributed by atoms with van der Waals surface area (Å²) in [5.41, 5.74) is 5.04. The molecular weight excluding hydrogens is 248 g/mol. The van der Waals surface area contributed by atoms with Gasteiger partial charge in [-0.05, 0) is 13.3 Å². The van der Waals surface area contributed by atoms with Gasteiger partial charge in [0.25, 0.3) is 5.56 Å². The van der Waals surface area contributed by atoms with Crippen LogP contribution in [0.5, 0.6) is 0 Å². The van der Waals surface area contributed by atoms with Crippen LogP contribution in [0.3, 0.4) is 0 Å². The molecule has 0 aliphatic rings. The van der Waals surface area contributed by atoms with Crippen LogP contribution in [0.4, 0.5) is 11.5 Å². The number of methoxy groups -OCH3 is 1. The van der Waals surface area contributed by atoms with Crippen molar-refractivity contribution in [3.05, 3.63) is 33.0 Å². The van der Waals surface area contributed by atoms with Gasteiger partial charge in [0, 0.05) is 13.7 Å². The lowest BCUT2D eigenvalue weighted by molar-refractivity contribution is 0.186. The minimum atomic E-state index is -0.529. The van der Waals surface area contributed by atoms with E-state index in [2.05, 4.69) is 10.3 Å². The van der Waals surface area contributed by atoms with Crippen LogP contribution in [0.25, 0.3) is 0 Å². The second-order valence-electron chi connectivity index (χ2n) is 3.95. The predicted octanol–water partition coefficient (Wildman–Crippen LogP) is 0.143. The topological polar surface area (TPSA) is 102 Å². The van der Waals surface area contributed by atoms with E-state index in [1.807, 2.05) is 19.1 Å². The molecule has 1 aromatic rings. The number of ether oxygens (including phenoxy) is 1. The van der Waals surface area contributed by atoms with Gasteiger partial charge in [-0.25, -0.2) is 4.79 Å². The molecule has 7 heteroatoms. The highest BCUT2D eigenvalue weighted by atomic mass is 16.5. The molecule has 0 aliphatic heterocycles. The van der Waals surface area contributed by atoms with E-state index in [0.717, 1.165) is 6.42 Å². The third-order valence-corrected chi connectivity index (χ3v) is 2.61. The molecule has 0 spiro atoms. The fourth-order valence-corrected chi connectivity index (χ4v) is 1.61. The van der Waals surface area contributed by atoms with Crippen molar-refractivity contribution in [3.8, 4) is 0 Å². The molecule has 19 heavy (non-hydrogen) atoms. The Kier molecular flexibility index (Phi) is 5.87. The van der Waals surface area contributed by atoms with E-state index in [4.69, 9.17) is 10.5 Å². The molecule has 7 nitrogen and oxygen atoms in total. The number of nitrogen functional groups attached to an aromatic ring is 1. The molecule has 1 rings (SSSR count). The number of aromatic nitrogens is 2. The van der Waals surface area contributed by atoms with Gasteiger partial charge in [-0.3, -0.25) is 14.3 Å². The molecule has 0 bridgehead atoms. The lowest BCUT2D eigenvalue weighted by atomic mass is 10.3. The maximum absolute atomic E-state index is 11.7.